The molecule has 0 radical (unpaired) electrons. The summed E-state index contributed by atoms with van der Waals surface area (Å²) in [4.78, 5) is 15.5. The molecule has 7 nitrogen and oxygen atoms in total. The lowest BCUT2D eigenvalue weighted by Gasteiger charge is -2.08. The van der Waals surface area contributed by atoms with Gasteiger partial charge in [-0.2, -0.15) is 23.4 Å². The third kappa shape index (κ3) is 3.59. The zero-order chi connectivity index (χ0) is 17.2. The van der Waals surface area contributed by atoms with Crippen LogP contribution in [0.15, 0.2) is 49.3 Å². The molecule has 0 aliphatic carbocycles. The molecule has 0 fully saturated rings. The molecule has 0 aliphatic rings. The Morgan fingerprint density at radius 2 is 2.08 bits per heavy atom. The van der Waals surface area contributed by atoms with Crippen LogP contribution >= 0.6 is 0 Å². The first-order valence-electron chi connectivity index (χ1n) is 6.76. The molecule has 0 bridgehead atoms. The minimum atomic E-state index is -4.43. The van der Waals surface area contributed by atoms with Gasteiger partial charge in [0.05, 0.1) is 29.3 Å². The molecular weight excluding hydrogens is 325 g/mol. The largest absolute Gasteiger partial charge is 0.416 e. The number of carbonyl (C=O) groups excluding carboxylic acids is 1. The highest BCUT2D eigenvalue weighted by molar-refractivity contribution is 5.90. The van der Waals surface area contributed by atoms with Crippen LogP contribution in [0.3, 0.4) is 0 Å². The number of benzene rings is 1. The number of anilines is 1. The molecule has 24 heavy (non-hydrogen) atoms. The highest BCUT2D eigenvalue weighted by Gasteiger charge is 2.30. The average Bonchev–Trinajstić information content (AvgIpc) is 3.18. The van der Waals surface area contributed by atoms with Crippen molar-refractivity contribution >= 4 is 11.6 Å². The van der Waals surface area contributed by atoms with Crippen LogP contribution in [0.4, 0.5) is 18.9 Å². The van der Waals surface area contributed by atoms with Crippen molar-refractivity contribution in [3.63, 3.8) is 0 Å². The molecule has 2 aromatic heterocycles. The summed E-state index contributed by atoms with van der Waals surface area (Å²) in [5.74, 6) is -0.357. The molecule has 3 aromatic rings. The van der Waals surface area contributed by atoms with Gasteiger partial charge in [0.25, 0.3) is 0 Å². The fourth-order valence-electron chi connectivity index (χ4n) is 2.02. The molecule has 2 heterocycles. The lowest BCUT2D eigenvalue weighted by Crippen LogP contribution is -2.18. The minimum Gasteiger partial charge on any atom is -0.322 e. The van der Waals surface area contributed by atoms with E-state index in [0.29, 0.717) is 5.69 Å². The summed E-state index contributed by atoms with van der Waals surface area (Å²) in [5.41, 5.74) is -0.175. The molecule has 1 aromatic carbocycles. The minimum absolute atomic E-state index is 0.0330. The van der Waals surface area contributed by atoms with E-state index < -0.39 is 11.7 Å². The third-order valence-corrected chi connectivity index (χ3v) is 3.08. The fourth-order valence-corrected chi connectivity index (χ4v) is 2.02. The maximum atomic E-state index is 12.7. The molecule has 0 saturated carbocycles. The van der Waals surface area contributed by atoms with Gasteiger partial charge in [0.1, 0.15) is 19.2 Å². The Bertz CT molecular complexity index is 840. The molecule has 1 amide bonds. The number of hydrogen-bond donors (Lipinski definition) is 1. The predicted octanol–water partition coefficient (Wildman–Crippen LogP) is 2.12. The number of aromatic nitrogens is 5. The normalized spacial score (nSPS) is 11.5. The van der Waals surface area contributed by atoms with E-state index in [0.717, 1.165) is 12.1 Å². The lowest BCUT2D eigenvalue weighted by molar-refractivity contribution is -0.137. The number of carbonyl (C=O) groups is 1. The average molecular weight is 336 g/mol. The molecule has 0 saturated heterocycles. The van der Waals surface area contributed by atoms with Crippen LogP contribution in [0.5, 0.6) is 0 Å². The van der Waals surface area contributed by atoms with Gasteiger partial charge in [0.15, 0.2) is 0 Å². The molecule has 1 N–H and O–H groups in total. The number of hydrogen-bond acceptors (Lipinski definition) is 4. The lowest BCUT2D eigenvalue weighted by atomic mass is 10.2. The molecule has 0 atom stereocenters. The van der Waals surface area contributed by atoms with E-state index in [2.05, 4.69) is 20.5 Å². The standard InChI is InChI=1S/C14H11F3N6O/c15-14(16,17)10-2-1-3-12(4-10)23-6-11(5-19-23)21-13(24)7-22-9-18-8-20-22/h1-6,8-9H,7H2,(H,21,24). The van der Waals surface area contributed by atoms with E-state index in [1.54, 1.807) is 0 Å². The van der Waals surface area contributed by atoms with Gasteiger partial charge in [-0.25, -0.2) is 14.3 Å². The predicted molar refractivity (Wildman–Crippen MR) is 77.2 cm³/mol. The van der Waals surface area contributed by atoms with Crippen LogP contribution in [0, 0.1) is 0 Å². The van der Waals surface area contributed by atoms with Crippen molar-refractivity contribution < 1.29 is 18.0 Å². The zero-order valence-corrected chi connectivity index (χ0v) is 12.1. The topological polar surface area (TPSA) is 77.6 Å². The van der Waals surface area contributed by atoms with Gasteiger partial charge in [-0.05, 0) is 18.2 Å². The molecular formula is C14H11F3N6O. The maximum Gasteiger partial charge on any atom is 0.416 e. The Morgan fingerprint density at radius 3 is 2.79 bits per heavy atom. The first-order chi connectivity index (χ1) is 11.4. The monoisotopic (exact) mass is 336 g/mol. The first-order valence-corrected chi connectivity index (χ1v) is 6.76. The first kappa shape index (κ1) is 15.7. The Kier molecular flexibility index (Phi) is 4.02. The number of amides is 1. The number of nitrogens with one attached hydrogen (secondary N) is 1. The molecule has 10 heteroatoms. The summed E-state index contributed by atoms with van der Waals surface area (Å²) in [7, 11) is 0. The van der Waals surface area contributed by atoms with E-state index in [-0.39, 0.29) is 18.1 Å². The van der Waals surface area contributed by atoms with E-state index >= 15 is 0 Å². The van der Waals surface area contributed by atoms with Gasteiger partial charge in [0, 0.05) is 0 Å². The Morgan fingerprint density at radius 1 is 1.25 bits per heavy atom. The third-order valence-electron chi connectivity index (χ3n) is 3.08. The molecule has 0 unspecified atom stereocenters. The van der Waals surface area contributed by atoms with Crippen LogP contribution < -0.4 is 5.32 Å². The summed E-state index contributed by atoms with van der Waals surface area (Å²) in [6, 6.07) is 4.74. The van der Waals surface area contributed by atoms with Crippen LogP contribution in [0.25, 0.3) is 5.69 Å². The molecule has 124 valence electrons. The number of nitrogens with zero attached hydrogens (tertiary/aromatic N) is 5. The van der Waals surface area contributed by atoms with Crippen molar-refractivity contribution in [2.45, 2.75) is 12.7 Å². The Labute approximate surface area is 133 Å². The van der Waals surface area contributed by atoms with Crippen LogP contribution in [0.1, 0.15) is 5.56 Å². The SMILES string of the molecule is O=C(Cn1cncn1)Nc1cnn(-c2cccc(C(F)(F)F)c2)c1. The second kappa shape index (κ2) is 6.14. The number of alkyl halides is 3. The molecule has 0 aliphatic heterocycles. The van der Waals surface area contributed by atoms with Crippen LogP contribution in [-0.4, -0.2) is 30.5 Å². The highest BCUT2D eigenvalue weighted by Crippen LogP contribution is 2.30. The quantitative estimate of drug-likeness (QED) is 0.792. The Hall–Kier alpha value is -3.17. The van der Waals surface area contributed by atoms with Crippen molar-refractivity contribution in [3.8, 4) is 5.69 Å². The summed E-state index contributed by atoms with van der Waals surface area (Å²) in [6.07, 6.45) is 1.04. The van der Waals surface area contributed by atoms with Gasteiger partial charge in [-0.3, -0.25) is 4.79 Å². The van der Waals surface area contributed by atoms with Crippen molar-refractivity contribution in [2.24, 2.45) is 0 Å². The highest BCUT2D eigenvalue weighted by atomic mass is 19.4. The second-order valence-corrected chi connectivity index (χ2v) is 4.86. The van der Waals surface area contributed by atoms with E-state index in [4.69, 9.17) is 0 Å². The van der Waals surface area contributed by atoms with Gasteiger partial charge < -0.3 is 5.32 Å². The Balaban J connectivity index is 1.72. The van der Waals surface area contributed by atoms with E-state index in [1.807, 2.05) is 0 Å². The van der Waals surface area contributed by atoms with Crippen LogP contribution in [-0.2, 0) is 17.5 Å². The number of halogens is 3. The summed E-state index contributed by atoms with van der Waals surface area (Å²) < 4.78 is 40.8. The van der Waals surface area contributed by atoms with Gasteiger partial charge in [-0.15, -0.1) is 0 Å². The van der Waals surface area contributed by atoms with Gasteiger partial charge >= 0.3 is 6.18 Å². The van der Waals surface area contributed by atoms with Crippen molar-refractivity contribution in [2.75, 3.05) is 5.32 Å². The second-order valence-electron chi connectivity index (χ2n) is 4.86. The zero-order valence-electron chi connectivity index (χ0n) is 12.1. The smallest absolute Gasteiger partial charge is 0.322 e. The summed E-state index contributed by atoms with van der Waals surface area (Å²) >= 11 is 0. The maximum absolute atomic E-state index is 12.7. The van der Waals surface area contributed by atoms with E-state index in [1.165, 1.54) is 46.5 Å². The number of rotatable bonds is 4. The van der Waals surface area contributed by atoms with Gasteiger partial charge in [0.2, 0.25) is 5.91 Å². The van der Waals surface area contributed by atoms with Crippen molar-refractivity contribution in [1.29, 1.82) is 0 Å². The van der Waals surface area contributed by atoms with Crippen molar-refractivity contribution in [3.05, 3.63) is 54.9 Å². The van der Waals surface area contributed by atoms with Crippen molar-refractivity contribution in [1.82, 2.24) is 24.5 Å². The summed E-state index contributed by atoms with van der Waals surface area (Å²) in [6.45, 7) is -0.0330. The molecule has 3 rings (SSSR count). The van der Waals surface area contributed by atoms with Gasteiger partial charge in [-0.1, -0.05) is 6.07 Å². The van der Waals surface area contributed by atoms with E-state index in [9.17, 15) is 18.0 Å². The molecule has 0 spiro atoms. The summed E-state index contributed by atoms with van der Waals surface area (Å²) in [5, 5.41) is 10.3. The fraction of sp³-hybridized carbons (Fsp3) is 0.143. The van der Waals surface area contributed by atoms with Crippen LogP contribution in [0.2, 0.25) is 0 Å².